The summed E-state index contributed by atoms with van der Waals surface area (Å²) in [5, 5.41) is 3.44. The molecule has 0 bridgehead atoms. The van der Waals surface area contributed by atoms with Gasteiger partial charge in [0.2, 0.25) is 0 Å². The van der Waals surface area contributed by atoms with E-state index in [0.717, 1.165) is 13.1 Å². The second-order valence-electron chi connectivity index (χ2n) is 4.36. The minimum atomic E-state index is -0.160. The fourth-order valence-corrected chi connectivity index (χ4v) is 1.73. The van der Waals surface area contributed by atoms with Crippen molar-refractivity contribution >= 4 is 0 Å². The lowest BCUT2D eigenvalue weighted by Gasteiger charge is -2.12. The lowest BCUT2D eigenvalue weighted by atomic mass is 10.0. The highest BCUT2D eigenvalue weighted by molar-refractivity contribution is 5.20. The zero-order chi connectivity index (χ0) is 11.8. The molecule has 0 aliphatic heterocycles. The standard InChI is InChI=1S/C14H22FN/c1-3-4-5-10-16-11-12(2)13-6-8-14(15)9-7-13/h6-9,12,16H,3-5,10-11H2,1-2H3. The average molecular weight is 223 g/mol. The smallest absolute Gasteiger partial charge is 0.123 e. The largest absolute Gasteiger partial charge is 0.316 e. The van der Waals surface area contributed by atoms with Crippen LogP contribution in [0, 0.1) is 5.82 Å². The van der Waals surface area contributed by atoms with Crippen molar-refractivity contribution in [2.45, 2.75) is 39.0 Å². The Morgan fingerprint density at radius 2 is 1.88 bits per heavy atom. The van der Waals surface area contributed by atoms with Crippen LogP contribution in [0.1, 0.15) is 44.6 Å². The first-order chi connectivity index (χ1) is 7.74. The lowest BCUT2D eigenvalue weighted by molar-refractivity contribution is 0.576. The van der Waals surface area contributed by atoms with Gasteiger partial charge < -0.3 is 5.32 Å². The first-order valence-electron chi connectivity index (χ1n) is 6.20. The van der Waals surface area contributed by atoms with Gasteiger partial charge in [0.15, 0.2) is 0 Å². The van der Waals surface area contributed by atoms with E-state index < -0.39 is 0 Å². The third-order valence-electron chi connectivity index (χ3n) is 2.85. The molecule has 0 fully saturated rings. The van der Waals surface area contributed by atoms with Crippen LogP contribution in [0.15, 0.2) is 24.3 Å². The Morgan fingerprint density at radius 3 is 2.50 bits per heavy atom. The maximum Gasteiger partial charge on any atom is 0.123 e. The first-order valence-corrected chi connectivity index (χ1v) is 6.20. The molecule has 0 aliphatic rings. The molecule has 0 saturated heterocycles. The Balaban J connectivity index is 2.24. The number of unbranched alkanes of at least 4 members (excludes halogenated alkanes) is 2. The molecule has 0 radical (unpaired) electrons. The molecule has 0 heterocycles. The van der Waals surface area contributed by atoms with Gasteiger partial charge in [0.25, 0.3) is 0 Å². The highest BCUT2D eigenvalue weighted by Gasteiger charge is 2.04. The fraction of sp³-hybridized carbons (Fsp3) is 0.571. The van der Waals surface area contributed by atoms with Crippen LogP contribution < -0.4 is 5.32 Å². The molecule has 1 aromatic carbocycles. The van der Waals surface area contributed by atoms with E-state index in [0.29, 0.717) is 5.92 Å². The predicted molar refractivity (Wildman–Crippen MR) is 67.2 cm³/mol. The molecule has 0 amide bonds. The Labute approximate surface area is 98.1 Å². The second-order valence-corrected chi connectivity index (χ2v) is 4.36. The number of hydrogen-bond donors (Lipinski definition) is 1. The van der Waals surface area contributed by atoms with Gasteiger partial charge in [0.05, 0.1) is 0 Å². The second kappa shape index (κ2) is 7.39. The Hall–Kier alpha value is -0.890. The van der Waals surface area contributed by atoms with Crippen molar-refractivity contribution in [1.82, 2.24) is 5.32 Å². The summed E-state index contributed by atoms with van der Waals surface area (Å²) >= 11 is 0. The summed E-state index contributed by atoms with van der Waals surface area (Å²) in [7, 11) is 0. The van der Waals surface area contributed by atoms with E-state index >= 15 is 0 Å². The van der Waals surface area contributed by atoms with E-state index in [4.69, 9.17) is 0 Å². The van der Waals surface area contributed by atoms with Crippen molar-refractivity contribution in [2.75, 3.05) is 13.1 Å². The minimum absolute atomic E-state index is 0.160. The summed E-state index contributed by atoms with van der Waals surface area (Å²) in [6, 6.07) is 6.80. The zero-order valence-electron chi connectivity index (χ0n) is 10.3. The van der Waals surface area contributed by atoms with Gasteiger partial charge in [-0.2, -0.15) is 0 Å². The van der Waals surface area contributed by atoms with Crippen LogP contribution in [0.25, 0.3) is 0 Å². The van der Waals surface area contributed by atoms with E-state index in [1.807, 2.05) is 12.1 Å². The third-order valence-corrected chi connectivity index (χ3v) is 2.85. The molecule has 0 saturated carbocycles. The summed E-state index contributed by atoms with van der Waals surface area (Å²) in [4.78, 5) is 0. The van der Waals surface area contributed by atoms with E-state index in [-0.39, 0.29) is 5.82 Å². The van der Waals surface area contributed by atoms with Crippen molar-refractivity contribution in [2.24, 2.45) is 0 Å². The molecule has 1 N–H and O–H groups in total. The predicted octanol–water partition coefficient (Wildman–Crippen LogP) is 3.71. The quantitative estimate of drug-likeness (QED) is 0.695. The average Bonchev–Trinajstić information content (AvgIpc) is 2.29. The summed E-state index contributed by atoms with van der Waals surface area (Å²) in [5.41, 5.74) is 1.20. The van der Waals surface area contributed by atoms with E-state index in [1.54, 1.807) is 0 Å². The molecule has 2 heteroatoms. The highest BCUT2D eigenvalue weighted by atomic mass is 19.1. The van der Waals surface area contributed by atoms with Crippen LogP contribution in [-0.4, -0.2) is 13.1 Å². The van der Waals surface area contributed by atoms with Gasteiger partial charge in [-0.1, -0.05) is 38.8 Å². The van der Waals surface area contributed by atoms with E-state index in [9.17, 15) is 4.39 Å². The maximum absolute atomic E-state index is 12.7. The molecule has 1 nitrogen and oxygen atoms in total. The van der Waals surface area contributed by atoms with Crippen LogP contribution in [0.5, 0.6) is 0 Å². The topological polar surface area (TPSA) is 12.0 Å². The van der Waals surface area contributed by atoms with Gasteiger partial charge in [-0.25, -0.2) is 4.39 Å². The molecule has 16 heavy (non-hydrogen) atoms. The fourth-order valence-electron chi connectivity index (χ4n) is 1.73. The number of benzene rings is 1. The van der Waals surface area contributed by atoms with Crippen molar-refractivity contribution in [3.63, 3.8) is 0 Å². The van der Waals surface area contributed by atoms with E-state index in [1.165, 1.54) is 37.0 Å². The van der Waals surface area contributed by atoms with Crippen molar-refractivity contribution in [1.29, 1.82) is 0 Å². The van der Waals surface area contributed by atoms with Crippen LogP contribution in [0.2, 0.25) is 0 Å². The minimum Gasteiger partial charge on any atom is -0.316 e. The van der Waals surface area contributed by atoms with Gasteiger partial charge >= 0.3 is 0 Å². The summed E-state index contributed by atoms with van der Waals surface area (Å²) in [5.74, 6) is 0.286. The first kappa shape index (κ1) is 13.2. The van der Waals surface area contributed by atoms with Crippen LogP contribution in [-0.2, 0) is 0 Å². The van der Waals surface area contributed by atoms with Gasteiger partial charge in [0.1, 0.15) is 5.82 Å². The summed E-state index contributed by atoms with van der Waals surface area (Å²) in [6.45, 7) is 6.43. The van der Waals surface area contributed by atoms with Crippen molar-refractivity contribution in [3.8, 4) is 0 Å². The van der Waals surface area contributed by atoms with Crippen LogP contribution in [0.3, 0.4) is 0 Å². The third kappa shape index (κ3) is 4.75. The van der Waals surface area contributed by atoms with Gasteiger partial charge in [-0.15, -0.1) is 0 Å². The molecule has 0 spiro atoms. The van der Waals surface area contributed by atoms with E-state index in [2.05, 4.69) is 19.2 Å². The van der Waals surface area contributed by atoms with Crippen molar-refractivity contribution in [3.05, 3.63) is 35.6 Å². The monoisotopic (exact) mass is 223 g/mol. The molecule has 0 aromatic heterocycles. The molecule has 1 aromatic rings. The summed E-state index contributed by atoms with van der Waals surface area (Å²) < 4.78 is 12.7. The molecule has 1 rings (SSSR count). The molecule has 1 unspecified atom stereocenters. The number of halogens is 1. The lowest BCUT2D eigenvalue weighted by Crippen LogP contribution is -2.21. The molecule has 0 aliphatic carbocycles. The van der Waals surface area contributed by atoms with Gasteiger partial charge in [-0.3, -0.25) is 0 Å². The van der Waals surface area contributed by atoms with Crippen molar-refractivity contribution < 1.29 is 4.39 Å². The molecule has 90 valence electrons. The number of hydrogen-bond acceptors (Lipinski definition) is 1. The van der Waals surface area contributed by atoms with Crippen LogP contribution in [0.4, 0.5) is 4.39 Å². The number of rotatable bonds is 7. The zero-order valence-corrected chi connectivity index (χ0v) is 10.3. The number of nitrogens with one attached hydrogen (secondary N) is 1. The van der Waals surface area contributed by atoms with Gasteiger partial charge in [0, 0.05) is 6.54 Å². The SMILES string of the molecule is CCCCCNCC(C)c1ccc(F)cc1. The maximum atomic E-state index is 12.7. The molecular weight excluding hydrogens is 201 g/mol. The Morgan fingerprint density at radius 1 is 1.19 bits per heavy atom. The molecular formula is C14H22FN. The molecule has 1 atom stereocenters. The highest BCUT2D eigenvalue weighted by Crippen LogP contribution is 2.14. The normalized spacial score (nSPS) is 12.7. The van der Waals surface area contributed by atoms with Crippen LogP contribution >= 0.6 is 0 Å². The Kier molecular flexibility index (Phi) is 6.09. The van der Waals surface area contributed by atoms with Gasteiger partial charge in [-0.05, 0) is 36.6 Å². The Bertz CT molecular complexity index is 281. The summed E-state index contributed by atoms with van der Waals surface area (Å²) in [6.07, 6.45) is 3.79.